The van der Waals surface area contributed by atoms with Crippen LogP contribution in [-0.2, 0) is 16.4 Å². The lowest BCUT2D eigenvalue weighted by Crippen LogP contribution is -2.22. The Balaban J connectivity index is 1.70. The topological polar surface area (TPSA) is 75.6 Å². The molecule has 1 N–H and O–H groups in total. The third kappa shape index (κ3) is 5.12. The monoisotopic (exact) mass is 458 g/mol. The molecule has 0 heterocycles. The first-order chi connectivity index (χ1) is 15.9. The molecule has 0 amide bonds. The average Bonchev–Trinajstić information content (AvgIpc) is 2.82. The highest BCUT2D eigenvalue weighted by molar-refractivity contribution is 7.90. The van der Waals surface area contributed by atoms with Crippen LogP contribution in [0.1, 0.15) is 46.8 Å². The van der Waals surface area contributed by atoms with Crippen LogP contribution in [0.15, 0.2) is 93.9 Å². The van der Waals surface area contributed by atoms with E-state index in [0.717, 1.165) is 30.5 Å². The highest BCUT2D eigenvalue weighted by Crippen LogP contribution is 2.25. The van der Waals surface area contributed by atoms with E-state index in [9.17, 15) is 13.2 Å². The van der Waals surface area contributed by atoms with E-state index in [0.29, 0.717) is 11.1 Å². The number of Topliss-reactive ketones (excluding diaryl/α,β-unsaturated/α-hetero) is 1. The molecule has 0 aliphatic heterocycles. The first kappa shape index (κ1) is 22.7. The summed E-state index contributed by atoms with van der Waals surface area (Å²) >= 11 is 0. The molecule has 0 bridgehead atoms. The van der Waals surface area contributed by atoms with Crippen molar-refractivity contribution in [3.8, 4) is 0 Å². The summed E-state index contributed by atoms with van der Waals surface area (Å²) in [7, 11) is -3.94. The lowest BCUT2D eigenvalue weighted by Gasteiger charge is -2.19. The SMILES string of the molecule is CCCCc1ccc(NC2=C/C(=N\S(=O)(=O)c3ccc(C)cc3)c3ccccc3C2=O)cc1. The number of rotatable bonds is 7. The summed E-state index contributed by atoms with van der Waals surface area (Å²) in [6.45, 7) is 4.05. The molecule has 0 unspecified atom stereocenters. The Morgan fingerprint density at radius 3 is 2.21 bits per heavy atom. The van der Waals surface area contributed by atoms with E-state index in [2.05, 4.69) is 16.6 Å². The fourth-order valence-electron chi connectivity index (χ4n) is 3.68. The number of ketones is 1. The minimum absolute atomic E-state index is 0.112. The minimum atomic E-state index is -3.94. The minimum Gasteiger partial charge on any atom is -0.352 e. The Morgan fingerprint density at radius 1 is 0.879 bits per heavy atom. The summed E-state index contributed by atoms with van der Waals surface area (Å²) in [5, 5.41) is 3.15. The van der Waals surface area contributed by atoms with Crippen LogP contribution in [0.3, 0.4) is 0 Å². The molecule has 5 nitrogen and oxygen atoms in total. The molecule has 0 radical (unpaired) electrons. The Bertz CT molecular complexity index is 1340. The van der Waals surface area contributed by atoms with Crippen molar-refractivity contribution in [1.82, 2.24) is 0 Å². The smallest absolute Gasteiger partial charge is 0.282 e. The summed E-state index contributed by atoms with van der Waals surface area (Å²) in [6.07, 6.45) is 4.79. The Morgan fingerprint density at radius 2 is 1.55 bits per heavy atom. The fraction of sp³-hybridized carbons (Fsp3) is 0.185. The molecule has 3 aromatic rings. The third-order valence-electron chi connectivity index (χ3n) is 5.56. The Hall–Kier alpha value is -3.51. The number of fused-ring (bicyclic) bond motifs is 1. The van der Waals surface area contributed by atoms with Gasteiger partial charge in [0.1, 0.15) is 0 Å². The molecule has 0 saturated heterocycles. The molecule has 168 valence electrons. The van der Waals surface area contributed by atoms with Crippen LogP contribution in [0.25, 0.3) is 0 Å². The van der Waals surface area contributed by atoms with Crippen LogP contribution >= 0.6 is 0 Å². The number of unbranched alkanes of at least 4 members (excludes halogenated alkanes) is 1. The van der Waals surface area contributed by atoms with E-state index in [1.54, 1.807) is 36.4 Å². The molecule has 33 heavy (non-hydrogen) atoms. The maximum atomic E-state index is 13.1. The molecule has 3 aromatic carbocycles. The number of benzene rings is 3. The number of hydrogen-bond donors (Lipinski definition) is 1. The van der Waals surface area contributed by atoms with Gasteiger partial charge in [0, 0.05) is 16.8 Å². The number of carbonyl (C=O) groups excluding carboxylic acids is 1. The van der Waals surface area contributed by atoms with Crippen LogP contribution in [-0.4, -0.2) is 19.9 Å². The standard InChI is InChI=1S/C27H26N2O3S/c1-3-4-7-20-12-14-21(15-13-20)28-26-18-25(23-8-5-6-9-24(23)27(26)30)29-33(31,32)22-16-10-19(2)11-17-22/h5-6,8-18,28H,3-4,7H2,1-2H3/b29-25+. The maximum Gasteiger partial charge on any atom is 0.282 e. The number of anilines is 1. The molecule has 0 fully saturated rings. The quantitative estimate of drug-likeness (QED) is 0.492. The van der Waals surface area contributed by atoms with Crippen molar-refractivity contribution in [1.29, 1.82) is 0 Å². The van der Waals surface area contributed by atoms with Crippen molar-refractivity contribution in [3.63, 3.8) is 0 Å². The number of nitrogens with zero attached hydrogens (tertiary/aromatic N) is 1. The summed E-state index contributed by atoms with van der Waals surface area (Å²) in [5.74, 6) is -0.202. The number of aryl methyl sites for hydroxylation is 2. The van der Waals surface area contributed by atoms with Crippen LogP contribution in [0.4, 0.5) is 5.69 Å². The van der Waals surface area contributed by atoms with Crippen LogP contribution in [0.5, 0.6) is 0 Å². The van der Waals surface area contributed by atoms with Gasteiger partial charge < -0.3 is 5.32 Å². The zero-order chi connectivity index (χ0) is 23.4. The van der Waals surface area contributed by atoms with Crippen molar-refractivity contribution in [3.05, 3.63) is 107 Å². The van der Waals surface area contributed by atoms with Gasteiger partial charge in [-0.25, -0.2) is 0 Å². The van der Waals surface area contributed by atoms with Gasteiger partial charge in [-0.3, -0.25) is 4.79 Å². The third-order valence-corrected chi connectivity index (χ3v) is 6.87. The Kier molecular flexibility index (Phi) is 6.56. The van der Waals surface area contributed by atoms with Gasteiger partial charge in [-0.05, 0) is 55.7 Å². The van der Waals surface area contributed by atoms with Crippen molar-refractivity contribution < 1.29 is 13.2 Å². The van der Waals surface area contributed by atoms with Gasteiger partial charge in [0.05, 0.1) is 16.3 Å². The van der Waals surface area contributed by atoms with Gasteiger partial charge in [0.2, 0.25) is 5.78 Å². The molecule has 0 atom stereocenters. The van der Waals surface area contributed by atoms with E-state index in [-0.39, 0.29) is 22.1 Å². The molecular formula is C27H26N2O3S. The van der Waals surface area contributed by atoms with Gasteiger partial charge in [-0.2, -0.15) is 12.8 Å². The number of hydrogen-bond acceptors (Lipinski definition) is 4. The number of sulfonamides is 1. The lowest BCUT2D eigenvalue weighted by molar-refractivity contribution is 0.103. The van der Waals surface area contributed by atoms with Crippen LogP contribution in [0.2, 0.25) is 0 Å². The molecule has 0 saturated carbocycles. The van der Waals surface area contributed by atoms with E-state index < -0.39 is 10.0 Å². The fourth-order valence-corrected chi connectivity index (χ4v) is 4.68. The summed E-state index contributed by atoms with van der Waals surface area (Å²) in [6, 6.07) is 21.4. The molecule has 0 spiro atoms. The normalized spacial score (nSPS) is 14.7. The van der Waals surface area contributed by atoms with Crippen molar-refractivity contribution >= 4 is 27.2 Å². The van der Waals surface area contributed by atoms with Crippen molar-refractivity contribution in [2.45, 2.75) is 38.0 Å². The second-order valence-corrected chi connectivity index (χ2v) is 9.73. The maximum absolute atomic E-state index is 13.1. The van der Waals surface area contributed by atoms with E-state index in [1.165, 1.54) is 23.8 Å². The number of nitrogens with one attached hydrogen (secondary N) is 1. The number of carbonyl (C=O) groups is 1. The Labute approximate surface area is 195 Å². The highest BCUT2D eigenvalue weighted by atomic mass is 32.2. The molecule has 6 heteroatoms. The predicted molar refractivity (Wildman–Crippen MR) is 132 cm³/mol. The molecule has 1 aliphatic carbocycles. The van der Waals surface area contributed by atoms with Gasteiger partial charge >= 0.3 is 0 Å². The second-order valence-electron chi connectivity index (χ2n) is 8.12. The second kappa shape index (κ2) is 9.55. The van der Waals surface area contributed by atoms with Crippen molar-refractivity contribution in [2.75, 3.05) is 5.32 Å². The van der Waals surface area contributed by atoms with E-state index >= 15 is 0 Å². The zero-order valence-electron chi connectivity index (χ0n) is 18.7. The van der Waals surface area contributed by atoms with E-state index in [1.807, 2.05) is 31.2 Å². The first-order valence-corrected chi connectivity index (χ1v) is 12.4. The first-order valence-electron chi connectivity index (χ1n) is 11.0. The molecule has 4 rings (SSSR count). The zero-order valence-corrected chi connectivity index (χ0v) is 19.5. The number of allylic oxidation sites excluding steroid dienone is 2. The van der Waals surface area contributed by atoms with Crippen LogP contribution in [0, 0.1) is 6.92 Å². The summed E-state index contributed by atoms with van der Waals surface area (Å²) in [4.78, 5) is 13.2. The molecular weight excluding hydrogens is 432 g/mol. The largest absolute Gasteiger partial charge is 0.352 e. The van der Waals surface area contributed by atoms with Crippen molar-refractivity contribution in [2.24, 2.45) is 4.40 Å². The van der Waals surface area contributed by atoms with Gasteiger partial charge in [0.25, 0.3) is 10.0 Å². The van der Waals surface area contributed by atoms with E-state index in [4.69, 9.17) is 0 Å². The van der Waals surface area contributed by atoms with Crippen LogP contribution < -0.4 is 5.32 Å². The lowest BCUT2D eigenvalue weighted by atomic mass is 9.92. The highest BCUT2D eigenvalue weighted by Gasteiger charge is 2.26. The molecule has 0 aromatic heterocycles. The van der Waals surface area contributed by atoms with Gasteiger partial charge in [-0.15, -0.1) is 0 Å². The summed E-state index contributed by atoms with van der Waals surface area (Å²) in [5.41, 5.74) is 4.39. The summed E-state index contributed by atoms with van der Waals surface area (Å²) < 4.78 is 30.0. The predicted octanol–water partition coefficient (Wildman–Crippen LogP) is 5.71. The average molecular weight is 459 g/mol. The van der Waals surface area contributed by atoms with Gasteiger partial charge in [0.15, 0.2) is 0 Å². The molecule has 1 aliphatic rings. The van der Waals surface area contributed by atoms with Gasteiger partial charge in [-0.1, -0.05) is 67.4 Å².